The van der Waals surface area contributed by atoms with Crippen molar-refractivity contribution in [3.8, 4) is 0 Å². The predicted molar refractivity (Wildman–Crippen MR) is 102 cm³/mol. The Hall–Kier alpha value is -3.17. The number of carbonyl (C=O) groups is 1. The zero-order chi connectivity index (χ0) is 21.3. The van der Waals surface area contributed by atoms with Gasteiger partial charge < -0.3 is 10.6 Å². The molecule has 4 rings (SSSR count). The second-order valence-electron chi connectivity index (χ2n) is 7.38. The van der Waals surface area contributed by atoms with Gasteiger partial charge >= 0.3 is 6.18 Å². The number of aromatic amines is 1. The van der Waals surface area contributed by atoms with E-state index in [1.165, 1.54) is 24.5 Å². The second-order valence-corrected chi connectivity index (χ2v) is 7.38. The van der Waals surface area contributed by atoms with Crippen LogP contribution in [0.15, 0.2) is 36.7 Å². The van der Waals surface area contributed by atoms with Crippen LogP contribution in [-0.2, 0) is 6.18 Å². The van der Waals surface area contributed by atoms with Gasteiger partial charge in [0.2, 0.25) is 0 Å². The lowest BCUT2D eigenvalue weighted by molar-refractivity contribution is -0.140. The summed E-state index contributed by atoms with van der Waals surface area (Å²) < 4.78 is 53.6. The van der Waals surface area contributed by atoms with E-state index in [1.807, 2.05) is 0 Å². The molecule has 0 saturated heterocycles. The van der Waals surface area contributed by atoms with Crippen LogP contribution in [0, 0.1) is 5.82 Å². The second kappa shape index (κ2) is 7.92. The summed E-state index contributed by atoms with van der Waals surface area (Å²) in [5, 5.41) is 12.7. The topological polar surface area (TPSA) is 82.7 Å². The largest absolute Gasteiger partial charge is 0.433 e. The summed E-state index contributed by atoms with van der Waals surface area (Å²) >= 11 is 0. The highest BCUT2D eigenvalue weighted by Gasteiger charge is 2.34. The van der Waals surface area contributed by atoms with E-state index in [1.54, 1.807) is 0 Å². The molecular formula is C20H19F4N5O. The lowest BCUT2D eigenvalue weighted by atomic mass is 9.90. The quantitative estimate of drug-likeness (QED) is 0.550. The van der Waals surface area contributed by atoms with Crippen LogP contribution in [0.3, 0.4) is 0 Å². The van der Waals surface area contributed by atoms with Gasteiger partial charge in [0.1, 0.15) is 11.5 Å². The van der Waals surface area contributed by atoms with Crippen molar-refractivity contribution in [2.24, 2.45) is 0 Å². The molecule has 1 fully saturated rings. The van der Waals surface area contributed by atoms with Gasteiger partial charge in [-0.1, -0.05) is 0 Å². The number of fused-ring (bicyclic) bond motifs is 1. The summed E-state index contributed by atoms with van der Waals surface area (Å²) in [6, 6.07) is 4.09. The van der Waals surface area contributed by atoms with E-state index < -0.39 is 17.7 Å². The number of carbonyl (C=O) groups excluding carboxylic acids is 1. The van der Waals surface area contributed by atoms with Gasteiger partial charge in [0.05, 0.1) is 17.3 Å². The number of H-pyrrole nitrogens is 1. The molecule has 0 spiro atoms. The molecule has 3 aromatic rings. The molecular weight excluding hydrogens is 402 g/mol. The highest BCUT2D eigenvalue weighted by atomic mass is 19.4. The summed E-state index contributed by atoms with van der Waals surface area (Å²) in [4.78, 5) is 15.9. The molecule has 3 N–H and O–H groups in total. The van der Waals surface area contributed by atoms with Crippen molar-refractivity contribution >= 4 is 22.5 Å². The Morgan fingerprint density at radius 1 is 1.17 bits per heavy atom. The Morgan fingerprint density at radius 3 is 2.70 bits per heavy atom. The molecule has 2 aromatic heterocycles. The van der Waals surface area contributed by atoms with Gasteiger partial charge in [-0.2, -0.15) is 18.3 Å². The summed E-state index contributed by atoms with van der Waals surface area (Å²) in [5.41, 5.74) is -0.381. The van der Waals surface area contributed by atoms with Crippen LogP contribution in [0.25, 0.3) is 10.9 Å². The van der Waals surface area contributed by atoms with Gasteiger partial charge in [-0.3, -0.25) is 9.89 Å². The summed E-state index contributed by atoms with van der Waals surface area (Å²) in [6.45, 7) is 0. The van der Waals surface area contributed by atoms with Gasteiger partial charge in [0.15, 0.2) is 0 Å². The fourth-order valence-electron chi connectivity index (χ4n) is 3.78. The minimum atomic E-state index is -4.62. The number of pyridine rings is 1. The van der Waals surface area contributed by atoms with E-state index in [0.29, 0.717) is 12.0 Å². The van der Waals surface area contributed by atoms with Crippen molar-refractivity contribution in [1.29, 1.82) is 0 Å². The Kier molecular flexibility index (Phi) is 5.31. The van der Waals surface area contributed by atoms with E-state index >= 15 is 0 Å². The number of hydrogen-bond donors (Lipinski definition) is 3. The van der Waals surface area contributed by atoms with Crippen molar-refractivity contribution in [3.63, 3.8) is 0 Å². The number of amides is 1. The van der Waals surface area contributed by atoms with Gasteiger partial charge in [0.25, 0.3) is 5.91 Å². The average molecular weight is 421 g/mol. The van der Waals surface area contributed by atoms with Crippen molar-refractivity contribution in [2.75, 3.05) is 5.32 Å². The maximum absolute atomic E-state index is 13.7. The first kappa shape index (κ1) is 20.1. The molecule has 10 heteroatoms. The summed E-state index contributed by atoms with van der Waals surface area (Å²) in [7, 11) is 0. The fraction of sp³-hybridized carbons (Fsp3) is 0.350. The van der Waals surface area contributed by atoms with E-state index in [2.05, 4.69) is 25.8 Å². The van der Waals surface area contributed by atoms with Gasteiger partial charge in [-0.25, -0.2) is 9.37 Å². The van der Waals surface area contributed by atoms with Gasteiger partial charge in [0, 0.05) is 29.4 Å². The van der Waals surface area contributed by atoms with Crippen molar-refractivity contribution in [3.05, 3.63) is 53.7 Å². The van der Waals surface area contributed by atoms with Crippen molar-refractivity contribution < 1.29 is 22.4 Å². The standard InChI is InChI=1S/C20H19F4N5O/c21-12-4-5-16-15(6-12)17(8-18(29-16)20(22,23)24)27-13-2-1-3-14(7-13)28-19(30)11-9-25-26-10-11/h4-6,8-10,13-14H,1-3,7H2,(H,25,26)(H,27,29)(H,28,30)/t13-,14+/m0/s1. The molecule has 1 aliphatic carbocycles. The first-order chi connectivity index (χ1) is 14.3. The number of alkyl halides is 3. The number of halogens is 4. The van der Waals surface area contributed by atoms with Crippen LogP contribution in [0.4, 0.5) is 23.2 Å². The maximum atomic E-state index is 13.7. The molecule has 1 saturated carbocycles. The molecule has 0 radical (unpaired) electrons. The minimum Gasteiger partial charge on any atom is -0.382 e. The number of aromatic nitrogens is 3. The van der Waals surface area contributed by atoms with Crippen LogP contribution in [-0.4, -0.2) is 33.2 Å². The minimum absolute atomic E-state index is 0.0642. The third-order valence-corrected chi connectivity index (χ3v) is 5.19. The lowest BCUT2D eigenvalue weighted by Gasteiger charge is -2.31. The molecule has 2 atom stereocenters. The van der Waals surface area contributed by atoms with Crippen LogP contribution in [0.1, 0.15) is 41.7 Å². The van der Waals surface area contributed by atoms with E-state index in [4.69, 9.17) is 0 Å². The monoisotopic (exact) mass is 421 g/mol. The molecule has 0 aliphatic heterocycles. The molecule has 158 valence electrons. The third kappa shape index (κ3) is 4.37. The van der Waals surface area contributed by atoms with E-state index in [0.717, 1.165) is 31.4 Å². The number of nitrogens with zero attached hydrogens (tertiary/aromatic N) is 2. The van der Waals surface area contributed by atoms with E-state index in [-0.39, 0.29) is 34.6 Å². The third-order valence-electron chi connectivity index (χ3n) is 5.19. The smallest absolute Gasteiger partial charge is 0.382 e. The normalized spacial score (nSPS) is 19.6. The van der Waals surface area contributed by atoms with E-state index in [9.17, 15) is 22.4 Å². The molecule has 0 unspecified atom stereocenters. The van der Waals surface area contributed by atoms with Gasteiger partial charge in [-0.05, 0) is 49.9 Å². The Bertz CT molecular complexity index is 1050. The average Bonchev–Trinajstić information content (AvgIpc) is 3.23. The molecule has 30 heavy (non-hydrogen) atoms. The van der Waals surface area contributed by atoms with Gasteiger partial charge in [-0.15, -0.1) is 0 Å². The Morgan fingerprint density at radius 2 is 1.97 bits per heavy atom. The number of hydrogen-bond acceptors (Lipinski definition) is 4. The van der Waals surface area contributed by atoms with Crippen LogP contribution in [0.2, 0.25) is 0 Å². The predicted octanol–water partition coefficient (Wildman–Crippen LogP) is 4.27. The van der Waals surface area contributed by atoms with Crippen molar-refractivity contribution in [2.45, 2.75) is 43.9 Å². The zero-order valence-corrected chi connectivity index (χ0v) is 15.8. The molecule has 0 bridgehead atoms. The Labute approximate surface area is 169 Å². The van der Waals surface area contributed by atoms with Crippen molar-refractivity contribution in [1.82, 2.24) is 20.5 Å². The number of rotatable bonds is 4. The summed E-state index contributed by atoms with van der Waals surface area (Å²) in [5.74, 6) is -0.814. The fourth-order valence-corrected chi connectivity index (χ4v) is 3.78. The SMILES string of the molecule is O=C(N[C@@H]1CCC[C@H](Nc2cc(C(F)(F)F)nc3ccc(F)cc23)C1)c1cn[nH]c1. The highest BCUT2D eigenvalue weighted by Crippen LogP contribution is 2.34. The molecule has 2 heterocycles. The zero-order valence-electron chi connectivity index (χ0n) is 15.8. The first-order valence-electron chi connectivity index (χ1n) is 9.53. The highest BCUT2D eigenvalue weighted by molar-refractivity contribution is 5.94. The Balaban J connectivity index is 1.55. The molecule has 1 amide bonds. The summed E-state index contributed by atoms with van der Waals surface area (Å²) in [6.07, 6.45) is 1.10. The molecule has 6 nitrogen and oxygen atoms in total. The number of anilines is 1. The molecule has 1 aromatic carbocycles. The van der Waals surface area contributed by atoms with Crippen LogP contribution < -0.4 is 10.6 Å². The number of benzene rings is 1. The lowest BCUT2D eigenvalue weighted by Crippen LogP contribution is -2.41. The molecule has 1 aliphatic rings. The maximum Gasteiger partial charge on any atom is 0.433 e. The first-order valence-corrected chi connectivity index (χ1v) is 9.53. The van der Waals surface area contributed by atoms with Crippen LogP contribution in [0.5, 0.6) is 0 Å². The van der Waals surface area contributed by atoms with Crippen LogP contribution >= 0.6 is 0 Å². The number of nitrogens with one attached hydrogen (secondary N) is 3.